The van der Waals surface area contributed by atoms with Crippen LogP contribution in [0.3, 0.4) is 0 Å². The Kier molecular flexibility index (Phi) is 3.89. The third kappa shape index (κ3) is 2.60. The summed E-state index contributed by atoms with van der Waals surface area (Å²) < 4.78 is 2.25. The largest absolute Gasteiger partial charge is 0.331 e. The number of rotatable bonds is 3. The fraction of sp³-hybridized carbons (Fsp3) is 0.250. The summed E-state index contributed by atoms with van der Waals surface area (Å²) in [6, 6.07) is 8.06. The van der Waals surface area contributed by atoms with Crippen LogP contribution in [0.2, 0.25) is 5.02 Å². The van der Waals surface area contributed by atoms with Crippen LogP contribution in [-0.2, 0) is 19.5 Å². The van der Waals surface area contributed by atoms with Crippen LogP contribution in [0.5, 0.6) is 0 Å². The van der Waals surface area contributed by atoms with Gasteiger partial charge in [-0.15, -0.1) is 0 Å². The number of aromatic nitrogens is 2. The lowest BCUT2D eigenvalue weighted by atomic mass is 10.1. The van der Waals surface area contributed by atoms with Gasteiger partial charge in [-0.25, -0.2) is 4.79 Å². The van der Waals surface area contributed by atoms with E-state index in [0.29, 0.717) is 35.7 Å². The van der Waals surface area contributed by atoms with Gasteiger partial charge in [-0.05, 0) is 37.1 Å². The number of hydrogen-bond acceptors (Lipinski definition) is 4. The van der Waals surface area contributed by atoms with Crippen LogP contribution < -0.4 is 11.2 Å². The summed E-state index contributed by atoms with van der Waals surface area (Å²) in [5.74, 6) is -0.386. The van der Waals surface area contributed by atoms with E-state index in [9.17, 15) is 19.6 Å². The lowest BCUT2D eigenvalue weighted by molar-refractivity contribution is 0.0968. The van der Waals surface area contributed by atoms with Crippen LogP contribution in [0.15, 0.2) is 33.9 Å². The Balaban J connectivity index is 2.06. The van der Waals surface area contributed by atoms with Crippen molar-refractivity contribution in [3.8, 4) is 6.07 Å². The highest BCUT2D eigenvalue weighted by atomic mass is 35.5. The highest BCUT2D eigenvalue weighted by Crippen LogP contribution is 2.14. The molecule has 1 aromatic carbocycles. The molecule has 0 saturated carbocycles. The number of nitrogens with zero attached hydrogens (tertiary/aromatic N) is 3. The third-order valence-corrected chi connectivity index (χ3v) is 4.16. The molecular weight excluding hydrogens is 318 g/mol. The van der Waals surface area contributed by atoms with Gasteiger partial charge >= 0.3 is 5.69 Å². The van der Waals surface area contributed by atoms with Gasteiger partial charge in [0.2, 0.25) is 0 Å². The number of carbonyl (C=O) groups is 1. The Morgan fingerprint density at radius 2 is 1.96 bits per heavy atom. The van der Waals surface area contributed by atoms with Gasteiger partial charge < -0.3 is 0 Å². The SMILES string of the molecule is N#Cc1c2n(c(=O)n(CC(=O)c3ccc(Cl)cc3)c1=O)CCC2. The van der Waals surface area contributed by atoms with Crippen LogP contribution in [0.25, 0.3) is 0 Å². The standard InChI is InChI=1S/C16H12ClN3O3/c17-11-5-3-10(4-6-11)14(21)9-20-15(22)12(8-18)13-2-1-7-19(13)16(20)23/h3-6H,1-2,7,9H2. The monoisotopic (exact) mass is 329 g/mol. The van der Waals surface area contributed by atoms with Crippen molar-refractivity contribution in [3.05, 3.63) is 66.9 Å². The molecule has 0 spiro atoms. The van der Waals surface area contributed by atoms with Crippen molar-refractivity contribution in [1.29, 1.82) is 5.26 Å². The van der Waals surface area contributed by atoms with Gasteiger partial charge in [-0.3, -0.25) is 18.7 Å². The molecule has 0 fully saturated rings. The third-order valence-electron chi connectivity index (χ3n) is 3.91. The van der Waals surface area contributed by atoms with E-state index in [-0.39, 0.29) is 11.3 Å². The topological polar surface area (TPSA) is 84.9 Å². The maximum atomic E-state index is 12.4. The first-order chi connectivity index (χ1) is 11.0. The molecule has 2 aromatic rings. The van der Waals surface area contributed by atoms with E-state index in [0.717, 1.165) is 4.57 Å². The molecule has 7 heteroatoms. The Morgan fingerprint density at radius 1 is 1.26 bits per heavy atom. The molecule has 0 atom stereocenters. The van der Waals surface area contributed by atoms with Crippen molar-refractivity contribution in [3.63, 3.8) is 0 Å². The van der Waals surface area contributed by atoms with Crippen molar-refractivity contribution in [2.24, 2.45) is 0 Å². The number of Topliss-reactive ketones (excluding diaryl/α,β-unsaturated/α-hetero) is 1. The highest BCUT2D eigenvalue weighted by molar-refractivity contribution is 6.30. The zero-order valence-corrected chi connectivity index (χ0v) is 12.8. The van der Waals surface area contributed by atoms with Crippen molar-refractivity contribution >= 4 is 17.4 Å². The first-order valence-electron chi connectivity index (χ1n) is 7.08. The summed E-state index contributed by atoms with van der Waals surface area (Å²) in [7, 11) is 0. The Bertz CT molecular complexity index is 949. The molecule has 0 bridgehead atoms. The van der Waals surface area contributed by atoms with Crippen LogP contribution >= 0.6 is 11.6 Å². The number of halogens is 1. The lowest BCUT2D eigenvalue weighted by Gasteiger charge is -2.10. The molecule has 0 aliphatic carbocycles. The number of fused-ring (bicyclic) bond motifs is 1. The van der Waals surface area contributed by atoms with Gasteiger partial charge in [-0.1, -0.05) is 11.6 Å². The van der Waals surface area contributed by atoms with Gasteiger partial charge in [0.25, 0.3) is 5.56 Å². The smallest absolute Gasteiger partial charge is 0.296 e. The van der Waals surface area contributed by atoms with Crippen LogP contribution in [-0.4, -0.2) is 14.9 Å². The van der Waals surface area contributed by atoms with E-state index >= 15 is 0 Å². The van der Waals surface area contributed by atoms with Crippen LogP contribution in [0, 0.1) is 11.3 Å². The van der Waals surface area contributed by atoms with E-state index in [1.807, 2.05) is 6.07 Å². The second kappa shape index (κ2) is 5.86. The number of carbonyl (C=O) groups excluding carboxylic acids is 1. The molecule has 6 nitrogen and oxygen atoms in total. The molecule has 1 aliphatic heterocycles. The maximum absolute atomic E-state index is 12.4. The average molecular weight is 330 g/mol. The molecule has 1 aliphatic rings. The molecule has 3 rings (SSSR count). The number of ketones is 1. The molecule has 2 heterocycles. The quantitative estimate of drug-likeness (QED) is 0.796. The highest BCUT2D eigenvalue weighted by Gasteiger charge is 2.23. The van der Waals surface area contributed by atoms with E-state index in [1.54, 1.807) is 12.1 Å². The average Bonchev–Trinajstić information content (AvgIpc) is 3.02. The zero-order valence-electron chi connectivity index (χ0n) is 12.1. The molecular formula is C16H12ClN3O3. The van der Waals surface area contributed by atoms with Crippen molar-refractivity contribution in [1.82, 2.24) is 9.13 Å². The number of hydrogen-bond donors (Lipinski definition) is 0. The summed E-state index contributed by atoms with van der Waals surface area (Å²) in [6.45, 7) is 0.0620. The van der Waals surface area contributed by atoms with Gasteiger partial charge in [0.05, 0.1) is 6.54 Å². The number of benzene rings is 1. The van der Waals surface area contributed by atoms with Crippen LogP contribution in [0.4, 0.5) is 0 Å². The van der Waals surface area contributed by atoms with Crippen molar-refractivity contribution in [2.45, 2.75) is 25.9 Å². The Labute approximate surface area is 136 Å². The number of nitriles is 1. The summed E-state index contributed by atoms with van der Waals surface area (Å²) in [5, 5.41) is 9.69. The molecule has 0 saturated heterocycles. The van der Waals surface area contributed by atoms with E-state index in [2.05, 4.69) is 0 Å². The first kappa shape index (κ1) is 15.3. The minimum atomic E-state index is -0.701. The molecule has 1 aromatic heterocycles. The molecule has 116 valence electrons. The van der Waals surface area contributed by atoms with E-state index in [4.69, 9.17) is 11.6 Å². The van der Waals surface area contributed by atoms with E-state index < -0.39 is 17.8 Å². The summed E-state index contributed by atoms with van der Waals surface area (Å²) >= 11 is 5.77. The van der Waals surface area contributed by atoms with Gasteiger partial charge in [-0.2, -0.15) is 5.26 Å². The summed E-state index contributed by atoms with van der Waals surface area (Å²) in [5.41, 5.74) is -0.467. The molecule has 0 amide bonds. The second-order valence-electron chi connectivity index (χ2n) is 5.29. The molecule has 0 N–H and O–H groups in total. The normalized spacial score (nSPS) is 12.7. The Morgan fingerprint density at radius 3 is 2.61 bits per heavy atom. The summed E-state index contributed by atoms with van der Waals surface area (Å²) in [6.07, 6.45) is 1.23. The molecule has 23 heavy (non-hydrogen) atoms. The predicted octanol–water partition coefficient (Wildman–Crippen LogP) is 1.36. The summed E-state index contributed by atoms with van der Waals surface area (Å²) in [4.78, 5) is 37.1. The second-order valence-corrected chi connectivity index (χ2v) is 5.73. The van der Waals surface area contributed by atoms with Crippen LogP contribution in [0.1, 0.15) is 28.0 Å². The lowest BCUT2D eigenvalue weighted by Crippen LogP contribution is -2.43. The van der Waals surface area contributed by atoms with Gasteiger partial charge in [0.15, 0.2) is 5.78 Å². The minimum Gasteiger partial charge on any atom is -0.296 e. The zero-order chi connectivity index (χ0) is 16.6. The Hall–Kier alpha value is -2.65. The van der Waals surface area contributed by atoms with E-state index in [1.165, 1.54) is 16.7 Å². The minimum absolute atomic E-state index is 0.0500. The maximum Gasteiger partial charge on any atom is 0.331 e. The fourth-order valence-electron chi connectivity index (χ4n) is 2.76. The molecule has 0 unspecified atom stereocenters. The predicted molar refractivity (Wildman–Crippen MR) is 83.8 cm³/mol. The fourth-order valence-corrected chi connectivity index (χ4v) is 2.89. The van der Waals surface area contributed by atoms with Crippen molar-refractivity contribution < 1.29 is 4.79 Å². The van der Waals surface area contributed by atoms with Gasteiger partial charge in [0, 0.05) is 22.8 Å². The first-order valence-corrected chi connectivity index (χ1v) is 7.46. The van der Waals surface area contributed by atoms with Gasteiger partial charge in [0.1, 0.15) is 11.6 Å². The van der Waals surface area contributed by atoms with Crippen molar-refractivity contribution in [2.75, 3.05) is 0 Å². The molecule has 0 radical (unpaired) electrons.